The van der Waals surface area contributed by atoms with Crippen molar-refractivity contribution in [3.05, 3.63) is 0 Å². The first-order valence-corrected chi connectivity index (χ1v) is 6.70. The molecule has 1 unspecified atom stereocenters. The van der Waals surface area contributed by atoms with Crippen LogP contribution in [0.25, 0.3) is 0 Å². The van der Waals surface area contributed by atoms with Gasteiger partial charge in [0.1, 0.15) is 0 Å². The van der Waals surface area contributed by atoms with Gasteiger partial charge in [-0.2, -0.15) is 0 Å². The summed E-state index contributed by atoms with van der Waals surface area (Å²) in [5.41, 5.74) is 0. The minimum absolute atomic E-state index is 0.270. The largest absolute Gasteiger partial charge is 0.481 e. The Kier molecular flexibility index (Phi) is 5.92. The fraction of sp³-hybridized carbons (Fsp3) is 0.923. The quantitative estimate of drug-likeness (QED) is 0.767. The zero-order valence-electron chi connectivity index (χ0n) is 11.4. The summed E-state index contributed by atoms with van der Waals surface area (Å²) in [6, 6.07) is 0.560. The van der Waals surface area contributed by atoms with E-state index < -0.39 is 5.97 Å². The van der Waals surface area contributed by atoms with Gasteiger partial charge in [0.2, 0.25) is 0 Å². The number of carboxylic acid groups (broad SMARTS) is 1. The number of hydrogen-bond donors (Lipinski definition) is 1. The zero-order valence-corrected chi connectivity index (χ0v) is 11.4. The van der Waals surface area contributed by atoms with Crippen molar-refractivity contribution in [3.63, 3.8) is 0 Å². The molecule has 1 rings (SSSR count). The molecule has 4 nitrogen and oxygen atoms in total. The monoisotopic (exact) mass is 242 g/mol. The van der Waals surface area contributed by atoms with E-state index >= 15 is 0 Å². The van der Waals surface area contributed by atoms with Crippen molar-refractivity contribution in [2.75, 3.05) is 33.2 Å². The standard InChI is InChI=1S/C13H26N2O2/c1-4-7-15-8-5-12(6-9-15)14(3)10-11(2)13(16)17/h11-12H,4-10H2,1-3H3,(H,16,17). The summed E-state index contributed by atoms with van der Waals surface area (Å²) in [4.78, 5) is 15.5. The summed E-state index contributed by atoms with van der Waals surface area (Å²) >= 11 is 0. The molecule has 1 aliphatic rings. The van der Waals surface area contributed by atoms with Crippen LogP contribution in [0.2, 0.25) is 0 Å². The van der Waals surface area contributed by atoms with Gasteiger partial charge in [-0.25, -0.2) is 0 Å². The molecule has 0 radical (unpaired) electrons. The molecule has 1 saturated heterocycles. The molecular formula is C13H26N2O2. The summed E-state index contributed by atoms with van der Waals surface area (Å²) < 4.78 is 0. The van der Waals surface area contributed by atoms with Crippen molar-refractivity contribution < 1.29 is 9.90 Å². The Morgan fingerprint density at radius 1 is 1.47 bits per heavy atom. The number of carboxylic acids is 1. The minimum atomic E-state index is -0.694. The van der Waals surface area contributed by atoms with Crippen LogP contribution in [-0.2, 0) is 4.79 Å². The molecule has 0 aromatic heterocycles. The fourth-order valence-corrected chi connectivity index (χ4v) is 2.56. The second kappa shape index (κ2) is 6.97. The van der Waals surface area contributed by atoms with Gasteiger partial charge >= 0.3 is 5.97 Å². The molecule has 0 aromatic carbocycles. The van der Waals surface area contributed by atoms with Crippen molar-refractivity contribution in [2.45, 2.75) is 39.2 Å². The van der Waals surface area contributed by atoms with Gasteiger partial charge in [0.15, 0.2) is 0 Å². The van der Waals surface area contributed by atoms with Crippen LogP contribution in [0.1, 0.15) is 33.1 Å². The number of nitrogens with zero attached hydrogens (tertiary/aromatic N) is 2. The smallest absolute Gasteiger partial charge is 0.307 e. The molecule has 17 heavy (non-hydrogen) atoms. The maximum Gasteiger partial charge on any atom is 0.307 e. The van der Waals surface area contributed by atoms with Gasteiger partial charge in [-0.1, -0.05) is 13.8 Å². The van der Waals surface area contributed by atoms with Crippen LogP contribution >= 0.6 is 0 Å². The molecule has 1 N–H and O–H groups in total. The van der Waals surface area contributed by atoms with E-state index in [-0.39, 0.29) is 5.92 Å². The Hall–Kier alpha value is -0.610. The Morgan fingerprint density at radius 2 is 2.06 bits per heavy atom. The topological polar surface area (TPSA) is 43.8 Å². The predicted molar refractivity (Wildman–Crippen MR) is 69.2 cm³/mol. The number of rotatable bonds is 6. The van der Waals surface area contributed by atoms with Crippen LogP contribution in [0.15, 0.2) is 0 Å². The Labute approximate surface area is 105 Å². The second-order valence-corrected chi connectivity index (χ2v) is 5.25. The summed E-state index contributed by atoms with van der Waals surface area (Å²) in [6.07, 6.45) is 3.56. The van der Waals surface area contributed by atoms with Gasteiger partial charge < -0.3 is 14.9 Å². The van der Waals surface area contributed by atoms with Crippen LogP contribution in [-0.4, -0.2) is 60.1 Å². The Balaban J connectivity index is 2.30. The van der Waals surface area contributed by atoms with Crippen LogP contribution < -0.4 is 0 Å². The number of aliphatic carboxylic acids is 1. The summed E-state index contributed by atoms with van der Waals surface area (Å²) in [6.45, 7) is 8.17. The maximum atomic E-state index is 10.8. The Bertz CT molecular complexity index is 238. The molecule has 0 bridgehead atoms. The van der Waals surface area contributed by atoms with Gasteiger partial charge in [-0.05, 0) is 45.9 Å². The Morgan fingerprint density at radius 3 is 2.53 bits per heavy atom. The highest BCUT2D eigenvalue weighted by Gasteiger charge is 2.24. The van der Waals surface area contributed by atoms with Crippen LogP contribution in [0.5, 0.6) is 0 Å². The summed E-state index contributed by atoms with van der Waals surface area (Å²) in [5.74, 6) is -0.964. The third-order valence-corrected chi connectivity index (χ3v) is 3.70. The SMILES string of the molecule is CCCN1CCC(N(C)CC(C)C(=O)O)CC1. The van der Waals surface area contributed by atoms with E-state index in [0.717, 1.165) is 13.1 Å². The van der Waals surface area contributed by atoms with Gasteiger partial charge in [0.05, 0.1) is 5.92 Å². The third kappa shape index (κ3) is 4.64. The molecule has 0 aromatic rings. The number of piperidine rings is 1. The highest BCUT2D eigenvalue weighted by atomic mass is 16.4. The molecule has 0 aliphatic carbocycles. The maximum absolute atomic E-state index is 10.8. The summed E-state index contributed by atoms with van der Waals surface area (Å²) in [7, 11) is 2.06. The molecular weight excluding hydrogens is 216 g/mol. The molecule has 1 heterocycles. The molecule has 0 saturated carbocycles. The van der Waals surface area contributed by atoms with E-state index in [1.807, 2.05) is 0 Å². The lowest BCUT2D eigenvalue weighted by Gasteiger charge is -2.37. The lowest BCUT2D eigenvalue weighted by atomic mass is 10.0. The van der Waals surface area contributed by atoms with E-state index in [2.05, 4.69) is 23.8 Å². The molecule has 1 fully saturated rings. The average molecular weight is 242 g/mol. The van der Waals surface area contributed by atoms with Gasteiger partial charge in [0, 0.05) is 12.6 Å². The van der Waals surface area contributed by atoms with Crippen molar-refractivity contribution >= 4 is 5.97 Å². The van der Waals surface area contributed by atoms with E-state index in [1.54, 1.807) is 6.92 Å². The van der Waals surface area contributed by atoms with E-state index in [4.69, 9.17) is 5.11 Å². The van der Waals surface area contributed by atoms with E-state index in [1.165, 1.54) is 25.8 Å². The highest BCUT2D eigenvalue weighted by Crippen LogP contribution is 2.16. The molecule has 1 atom stereocenters. The van der Waals surface area contributed by atoms with Crippen molar-refractivity contribution in [3.8, 4) is 0 Å². The second-order valence-electron chi connectivity index (χ2n) is 5.25. The first-order valence-electron chi connectivity index (χ1n) is 6.70. The van der Waals surface area contributed by atoms with Crippen LogP contribution in [0, 0.1) is 5.92 Å². The van der Waals surface area contributed by atoms with Crippen molar-refractivity contribution in [1.29, 1.82) is 0 Å². The van der Waals surface area contributed by atoms with Gasteiger partial charge in [0.25, 0.3) is 0 Å². The molecule has 4 heteroatoms. The van der Waals surface area contributed by atoms with Crippen molar-refractivity contribution in [1.82, 2.24) is 9.80 Å². The number of hydrogen-bond acceptors (Lipinski definition) is 3. The fourth-order valence-electron chi connectivity index (χ4n) is 2.56. The lowest BCUT2D eigenvalue weighted by Crippen LogP contribution is -2.45. The zero-order chi connectivity index (χ0) is 12.8. The molecule has 0 amide bonds. The van der Waals surface area contributed by atoms with Crippen LogP contribution in [0.4, 0.5) is 0 Å². The summed E-state index contributed by atoms with van der Waals surface area (Å²) in [5, 5.41) is 8.91. The first-order chi connectivity index (χ1) is 8.04. The predicted octanol–water partition coefficient (Wildman–Crippen LogP) is 1.51. The van der Waals surface area contributed by atoms with E-state index in [9.17, 15) is 4.79 Å². The number of carbonyl (C=O) groups is 1. The first kappa shape index (κ1) is 14.5. The normalized spacial score (nSPS) is 20.7. The molecule has 1 aliphatic heterocycles. The minimum Gasteiger partial charge on any atom is -0.481 e. The molecule has 0 spiro atoms. The lowest BCUT2D eigenvalue weighted by molar-refractivity contribution is -0.141. The molecule has 100 valence electrons. The average Bonchev–Trinajstić information content (AvgIpc) is 2.30. The van der Waals surface area contributed by atoms with Gasteiger partial charge in [-0.15, -0.1) is 0 Å². The highest BCUT2D eigenvalue weighted by molar-refractivity contribution is 5.69. The number of likely N-dealkylation sites (tertiary alicyclic amines) is 1. The van der Waals surface area contributed by atoms with Crippen LogP contribution in [0.3, 0.4) is 0 Å². The van der Waals surface area contributed by atoms with Gasteiger partial charge in [-0.3, -0.25) is 4.79 Å². The third-order valence-electron chi connectivity index (χ3n) is 3.70. The van der Waals surface area contributed by atoms with Crippen molar-refractivity contribution in [2.24, 2.45) is 5.92 Å². The van der Waals surface area contributed by atoms with E-state index in [0.29, 0.717) is 12.6 Å².